The van der Waals surface area contributed by atoms with Crippen LogP contribution in [-0.4, -0.2) is 11.6 Å². The maximum Gasteiger partial charge on any atom is 0.130 e. The molecule has 0 aliphatic rings. The van der Waals surface area contributed by atoms with E-state index in [1.54, 1.807) is 0 Å². The van der Waals surface area contributed by atoms with Gasteiger partial charge in [-0.05, 0) is 18.1 Å². The molecule has 90 valence electrons. The first-order chi connectivity index (χ1) is 8.20. The van der Waals surface area contributed by atoms with Crippen LogP contribution in [0.1, 0.15) is 19.5 Å². The molecule has 17 heavy (non-hydrogen) atoms. The van der Waals surface area contributed by atoms with Crippen molar-refractivity contribution in [3.8, 4) is 5.75 Å². The van der Waals surface area contributed by atoms with E-state index in [4.69, 9.17) is 16.3 Å². The average molecular weight is 250 g/mol. The second kappa shape index (κ2) is 5.37. The predicted octanol–water partition coefficient (Wildman–Crippen LogP) is 4.01. The van der Waals surface area contributed by atoms with Crippen LogP contribution in [0.15, 0.2) is 30.3 Å². The van der Waals surface area contributed by atoms with Crippen LogP contribution in [0, 0.1) is 5.92 Å². The van der Waals surface area contributed by atoms with Crippen LogP contribution in [-0.2, 0) is 5.88 Å². The minimum Gasteiger partial charge on any atom is -0.493 e. The third kappa shape index (κ3) is 2.89. The van der Waals surface area contributed by atoms with Crippen molar-refractivity contribution in [1.29, 1.82) is 0 Å². The summed E-state index contributed by atoms with van der Waals surface area (Å²) < 4.78 is 5.82. The molecule has 0 spiro atoms. The minimum absolute atomic E-state index is 0.406. The summed E-state index contributed by atoms with van der Waals surface area (Å²) in [6.45, 7) is 4.97. The zero-order chi connectivity index (χ0) is 12.3. The molecule has 0 saturated carbocycles. The van der Waals surface area contributed by atoms with E-state index in [9.17, 15) is 0 Å². The number of para-hydroxylation sites is 1. The van der Waals surface area contributed by atoms with E-state index >= 15 is 0 Å². The van der Waals surface area contributed by atoms with Gasteiger partial charge in [-0.3, -0.25) is 4.98 Å². The molecule has 0 unspecified atom stereocenters. The fraction of sp³-hybridized carbons (Fsp3) is 0.357. The van der Waals surface area contributed by atoms with E-state index in [0.717, 1.165) is 22.3 Å². The third-order valence-corrected chi connectivity index (χ3v) is 2.71. The number of hydrogen-bond acceptors (Lipinski definition) is 2. The summed E-state index contributed by atoms with van der Waals surface area (Å²) in [5.41, 5.74) is 1.79. The second-order valence-corrected chi connectivity index (χ2v) is 4.73. The molecule has 1 aromatic carbocycles. The first-order valence-corrected chi connectivity index (χ1v) is 6.31. The molecular formula is C14H16ClNO. The molecule has 0 saturated heterocycles. The minimum atomic E-state index is 0.406. The van der Waals surface area contributed by atoms with Gasteiger partial charge >= 0.3 is 0 Å². The Balaban J connectivity index is 2.43. The van der Waals surface area contributed by atoms with Crippen molar-refractivity contribution in [3.63, 3.8) is 0 Å². The zero-order valence-electron chi connectivity index (χ0n) is 10.1. The molecule has 0 N–H and O–H groups in total. The summed E-state index contributed by atoms with van der Waals surface area (Å²) in [7, 11) is 0. The Morgan fingerprint density at radius 1 is 1.29 bits per heavy atom. The quantitative estimate of drug-likeness (QED) is 0.764. The van der Waals surface area contributed by atoms with Gasteiger partial charge in [0.2, 0.25) is 0 Å². The number of fused-ring (bicyclic) bond motifs is 1. The summed E-state index contributed by atoms with van der Waals surface area (Å²) in [5.74, 6) is 1.78. The van der Waals surface area contributed by atoms with Gasteiger partial charge in [0, 0.05) is 11.5 Å². The summed E-state index contributed by atoms with van der Waals surface area (Å²) in [6.07, 6.45) is 0. The average Bonchev–Trinajstić information content (AvgIpc) is 2.35. The summed E-state index contributed by atoms with van der Waals surface area (Å²) in [4.78, 5) is 4.47. The third-order valence-electron chi connectivity index (χ3n) is 2.44. The van der Waals surface area contributed by atoms with Crippen LogP contribution in [0.2, 0.25) is 0 Å². The molecular weight excluding hydrogens is 234 g/mol. The number of hydrogen-bond donors (Lipinski definition) is 0. The van der Waals surface area contributed by atoms with E-state index in [1.165, 1.54) is 0 Å². The van der Waals surface area contributed by atoms with Crippen molar-refractivity contribution in [3.05, 3.63) is 36.0 Å². The van der Waals surface area contributed by atoms with Gasteiger partial charge < -0.3 is 4.74 Å². The lowest BCUT2D eigenvalue weighted by Gasteiger charge is -2.12. The molecule has 2 nitrogen and oxygen atoms in total. The van der Waals surface area contributed by atoms with Crippen LogP contribution in [0.25, 0.3) is 10.9 Å². The van der Waals surface area contributed by atoms with Gasteiger partial charge in [0.25, 0.3) is 0 Å². The van der Waals surface area contributed by atoms with Crippen molar-refractivity contribution >= 4 is 22.5 Å². The SMILES string of the molecule is CC(C)COc1cc(CCl)nc2ccccc12. The van der Waals surface area contributed by atoms with E-state index in [1.807, 2.05) is 30.3 Å². The van der Waals surface area contributed by atoms with Crippen molar-refractivity contribution < 1.29 is 4.74 Å². The summed E-state index contributed by atoms with van der Waals surface area (Å²) >= 11 is 5.84. The Morgan fingerprint density at radius 3 is 2.76 bits per heavy atom. The molecule has 2 aromatic rings. The maximum absolute atomic E-state index is 5.84. The van der Waals surface area contributed by atoms with E-state index < -0.39 is 0 Å². The fourth-order valence-electron chi connectivity index (χ4n) is 1.64. The standard InChI is InChI=1S/C14H16ClNO/c1-10(2)9-17-14-7-11(8-15)16-13-6-4-3-5-12(13)14/h3-7,10H,8-9H2,1-2H3. The zero-order valence-corrected chi connectivity index (χ0v) is 10.9. The molecule has 1 aromatic heterocycles. The highest BCUT2D eigenvalue weighted by atomic mass is 35.5. The molecule has 2 rings (SSSR count). The van der Waals surface area contributed by atoms with Crippen LogP contribution >= 0.6 is 11.6 Å². The largest absolute Gasteiger partial charge is 0.493 e. The normalized spacial score (nSPS) is 11.1. The molecule has 0 aliphatic heterocycles. The molecule has 0 radical (unpaired) electrons. The lowest BCUT2D eigenvalue weighted by atomic mass is 10.2. The Morgan fingerprint density at radius 2 is 2.06 bits per heavy atom. The van der Waals surface area contributed by atoms with Crippen LogP contribution in [0.5, 0.6) is 5.75 Å². The second-order valence-electron chi connectivity index (χ2n) is 4.47. The Labute approximate surface area is 107 Å². The lowest BCUT2D eigenvalue weighted by Crippen LogP contribution is -2.05. The maximum atomic E-state index is 5.84. The van der Waals surface area contributed by atoms with Gasteiger partial charge in [-0.2, -0.15) is 0 Å². The number of alkyl halides is 1. The number of ether oxygens (including phenoxy) is 1. The van der Waals surface area contributed by atoms with E-state index in [-0.39, 0.29) is 0 Å². The highest BCUT2D eigenvalue weighted by Gasteiger charge is 2.06. The van der Waals surface area contributed by atoms with Crippen LogP contribution in [0.3, 0.4) is 0 Å². The highest BCUT2D eigenvalue weighted by Crippen LogP contribution is 2.26. The molecule has 0 atom stereocenters. The van der Waals surface area contributed by atoms with Gasteiger partial charge in [-0.25, -0.2) is 0 Å². The Kier molecular flexibility index (Phi) is 3.85. The van der Waals surface area contributed by atoms with Gasteiger partial charge in [0.1, 0.15) is 5.75 Å². The summed E-state index contributed by atoms with van der Waals surface area (Å²) in [5, 5.41) is 1.04. The fourth-order valence-corrected chi connectivity index (χ4v) is 1.78. The van der Waals surface area contributed by atoms with Crippen molar-refractivity contribution in [2.24, 2.45) is 5.92 Å². The van der Waals surface area contributed by atoms with Gasteiger partial charge in [-0.15, -0.1) is 11.6 Å². The number of halogens is 1. The number of aromatic nitrogens is 1. The van der Waals surface area contributed by atoms with Crippen molar-refractivity contribution in [1.82, 2.24) is 4.98 Å². The van der Waals surface area contributed by atoms with Gasteiger partial charge in [-0.1, -0.05) is 26.0 Å². The van der Waals surface area contributed by atoms with E-state index in [2.05, 4.69) is 18.8 Å². The Bertz CT molecular complexity index is 511. The molecule has 1 heterocycles. The number of pyridine rings is 1. The number of rotatable bonds is 4. The molecule has 0 amide bonds. The highest BCUT2D eigenvalue weighted by molar-refractivity contribution is 6.17. The Hall–Kier alpha value is -1.28. The van der Waals surface area contributed by atoms with Crippen molar-refractivity contribution in [2.45, 2.75) is 19.7 Å². The van der Waals surface area contributed by atoms with Crippen LogP contribution < -0.4 is 4.74 Å². The van der Waals surface area contributed by atoms with E-state index in [0.29, 0.717) is 18.4 Å². The molecule has 0 bridgehead atoms. The number of nitrogens with zero attached hydrogens (tertiary/aromatic N) is 1. The molecule has 0 aliphatic carbocycles. The number of benzene rings is 1. The van der Waals surface area contributed by atoms with Crippen molar-refractivity contribution in [2.75, 3.05) is 6.61 Å². The van der Waals surface area contributed by atoms with Crippen LogP contribution in [0.4, 0.5) is 0 Å². The first kappa shape index (κ1) is 12.2. The van der Waals surface area contributed by atoms with Gasteiger partial charge in [0.05, 0.1) is 23.7 Å². The topological polar surface area (TPSA) is 22.1 Å². The molecule has 3 heteroatoms. The van der Waals surface area contributed by atoms with Gasteiger partial charge in [0.15, 0.2) is 0 Å². The monoisotopic (exact) mass is 249 g/mol. The molecule has 0 fully saturated rings. The lowest BCUT2D eigenvalue weighted by molar-refractivity contribution is 0.274. The predicted molar refractivity (Wildman–Crippen MR) is 71.6 cm³/mol. The first-order valence-electron chi connectivity index (χ1n) is 5.78. The smallest absolute Gasteiger partial charge is 0.130 e. The summed E-state index contributed by atoms with van der Waals surface area (Å²) in [6, 6.07) is 9.90.